The predicted molar refractivity (Wildman–Crippen MR) is 115 cm³/mol. The molecule has 0 aliphatic carbocycles. The third kappa shape index (κ3) is 5.81. The SMILES string of the molecule is O=C(Nc1ccc2c(c1)OCO2)N[C@@H]1CC[C@H](CCNC(=O)C2CCOCC2)O[C@@H]1CO. The number of hydrogen-bond acceptors (Lipinski definition) is 7. The van der Waals surface area contributed by atoms with Gasteiger partial charge in [-0.15, -0.1) is 0 Å². The molecule has 0 spiro atoms. The van der Waals surface area contributed by atoms with Crippen molar-refractivity contribution >= 4 is 17.6 Å². The van der Waals surface area contributed by atoms with E-state index in [4.69, 9.17) is 18.9 Å². The maximum absolute atomic E-state index is 12.4. The average Bonchev–Trinajstić information content (AvgIpc) is 3.28. The number of aliphatic hydroxyl groups excluding tert-OH is 1. The highest BCUT2D eigenvalue weighted by Gasteiger charge is 2.32. The largest absolute Gasteiger partial charge is 0.454 e. The summed E-state index contributed by atoms with van der Waals surface area (Å²) >= 11 is 0. The molecule has 3 atom stereocenters. The summed E-state index contributed by atoms with van der Waals surface area (Å²) in [7, 11) is 0. The van der Waals surface area contributed by atoms with E-state index in [0.717, 1.165) is 19.3 Å². The Bertz CT molecular complexity index is 800. The van der Waals surface area contributed by atoms with Crippen LogP contribution in [-0.4, -0.2) is 68.5 Å². The van der Waals surface area contributed by atoms with Gasteiger partial charge in [-0.25, -0.2) is 4.79 Å². The number of ether oxygens (including phenoxy) is 4. The Labute approximate surface area is 186 Å². The first-order valence-electron chi connectivity index (χ1n) is 11.2. The van der Waals surface area contributed by atoms with Gasteiger partial charge in [0.15, 0.2) is 11.5 Å². The molecule has 1 aromatic carbocycles. The number of anilines is 1. The van der Waals surface area contributed by atoms with E-state index in [-0.39, 0.29) is 43.4 Å². The number of rotatable bonds is 7. The van der Waals surface area contributed by atoms with Crippen molar-refractivity contribution in [1.29, 1.82) is 0 Å². The molecule has 3 heterocycles. The van der Waals surface area contributed by atoms with Crippen LogP contribution >= 0.6 is 0 Å². The van der Waals surface area contributed by atoms with Gasteiger partial charge in [-0.2, -0.15) is 0 Å². The molecule has 0 unspecified atom stereocenters. The van der Waals surface area contributed by atoms with Crippen LogP contribution in [0.25, 0.3) is 0 Å². The second kappa shape index (κ2) is 10.8. The maximum Gasteiger partial charge on any atom is 0.319 e. The summed E-state index contributed by atoms with van der Waals surface area (Å²) in [5.74, 6) is 1.33. The Morgan fingerprint density at radius 3 is 2.69 bits per heavy atom. The van der Waals surface area contributed by atoms with Crippen LogP contribution in [-0.2, 0) is 14.3 Å². The van der Waals surface area contributed by atoms with Crippen LogP contribution in [0.2, 0.25) is 0 Å². The lowest BCUT2D eigenvalue weighted by molar-refractivity contribution is -0.128. The summed E-state index contributed by atoms with van der Waals surface area (Å²) in [6, 6.07) is 4.50. The van der Waals surface area contributed by atoms with E-state index in [2.05, 4.69) is 16.0 Å². The molecule has 2 saturated heterocycles. The highest BCUT2D eigenvalue weighted by Crippen LogP contribution is 2.34. The zero-order valence-electron chi connectivity index (χ0n) is 18.0. The molecular formula is C22H31N3O7. The molecule has 10 nitrogen and oxygen atoms in total. The van der Waals surface area contributed by atoms with Gasteiger partial charge in [0.1, 0.15) is 6.10 Å². The molecule has 3 aliphatic rings. The summed E-state index contributed by atoms with van der Waals surface area (Å²) in [5, 5.41) is 18.4. The standard InChI is InChI=1S/C22H31N3O7/c26-12-20-17(25-22(28)24-15-1-4-18-19(11-15)31-13-30-18)3-2-16(32-20)5-8-23-21(27)14-6-9-29-10-7-14/h1,4,11,14,16-17,20,26H,2-3,5-10,12-13H2,(H,23,27)(H2,24,25,28)/t16-,17-,20-/m1/s1. The zero-order valence-corrected chi connectivity index (χ0v) is 18.0. The van der Waals surface area contributed by atoms with E-state index in [1.165, 1.54) is 0 Å². The van der Waals surface area contributed by atoms with Crippen molar-refractivity contribution in [2.75, 3.05) is 38.5 Å². The third-order valence-corrected chi connectivity index (χ3v) is 6.10. The Morgan fingerprint density at radius 2 is 1.88 bits per heavy atom. The van der Waals surface area contributed by atoms with Crippen molar-refractivity contribution in [2.45, 2.75) is 50.4 Å². The fourth-order valence-corrected chi connectivity index (χ4v) is 4.28. The van der Waals surface area contributed by atoms with Crippen LogP contribution in [0.15, 0.2) is 18.2 Å². The monoisotopic (exact) mass is 449 g/mol. The summed E-state index contributed by atoms with van der Waals surface area (Å²) in [4.78, 5) is 24.7. The molecule has 4 rings (SSSR count). The van der Waals surface area contributed by atoms with Gasteiger partial charge < -0.3 is 40.0 Å². The number of fused-ring (bicyclic) bond motifs is 1. The Balaban J connectivity index is 1.19. The molecule has 0 aromatic heterocycles. The van der Waals surface area contributed by atoms with Crippen molar-refractivity contribution < 1.29 is 33.6 Å². The average molecular weight is 450 g/mol. The minimum absolute atomic E-state index is 0.0260. The molecule has 176 valence electrons. The maximum atomic E-state index is 12.4. The normalized spacial score (nSPS) is 25.2. The van der Waals surface area contributed by atoms with Crippen molar-refractivity contribution in [1.82, 2.24) is 10.6 Å². The van der Waals surface area contributed by atoms with Crippen molar-refractivity contribution in [2.24, 2.45) is 5.92 Å². The third-order valence-electron chi connectivity index (χ3n) is 6.10. The van der Waals surface area contributed by atoms with Crippen LogP contribution in [0, 0.1) is 5.92 Å². The second-order valence-corrected chi connectivity index (χ2v) is 8.30. The van der Waals surface area contributed by atoms with Crippen molar-refractivity contribution in [3.8, 4) is 11.5 Å². The number of carbonyl (C=O) groups excluding carboxylic acids is 2. The van der Waals surface area contributed by atoms with E-state index in [1.54, 1.807) is 18.2 Å². The van der Waals surface area contributed by atoms with E-state index in [9.17, 15) is 14.7 Å². The topological polar surface area (TPSA) is 127 Å². The molecular weight excluding hydrogens is 418 g/mol. The quantitative estimate of drug-likeness (QED) is 0.495. The number of carbonyl (C=O) groups is 2. The number of aliphatic hydroxyl groups is 1. The predicted octanol–water partition coefficient (Wildman–Crippen LogP) is 1.38. The number of urea groups is 1. The van der Waals surface area contributed by atoms with Gasteiger partial charge in [-0.1, -0.05) is 0 Å². The lowest BCUT2D eigenvalue weighted by Gasteiger charge is -2.36. The van der Waals surface area contributed by atoms with Gasteiger partial charge in [-0.05, 0) is 44.2 Å². The Hall–Kier alpha value is -2.56. The van der Waals surface area contributed by atoms with Gasteiger partial charge in [0.05, 0.1) is 18.8 Å². The van der Waals surface area contributed by atoms with E-state index >= 15 is 0 Å². The summed E-state index contributed by atoms with van der Waals surface area (Å²) in [6.45, 7) is 1.78. The minimum Gasteiger partial charge on any atom is -0.454 e. The van der Waals surface area contributed by atoms with Crippen molar-refractivity contribution in [3.05, 3.63) is 18.2 Å². The van der Waals surface area contributed by atoms with Gasteiger partial charge in [0.2, 0.25) is 12.7 Å². The number of nitrogens with one attached hydrogen (secondary N) is 3. The van der Waals surface area contributed by atoms with Crippen LogP contribution < -0.4 is 25.4 Å². The Morgan fingerprint density at radius 1 is 1.06 bits per heavy atom. The summed E-state index contributed by atoms with van der Waals surface area (Å²) < 4.78 is 21.9. The van der Waals surface area contributed by atoms with Gasteiger partial charge in [0, 0.05) is 37.4 Å². The van der Waals surface area contributed by atoms with Crippen LogP contribution in [0.1, 0.15) is 32.1 Å². The van der Waals surface area contributed by atoms with Gasteiger partial charge >= 0.3 is 6.03 Å². The highest BCUT2D eigenvalue weighted by atomic mass is 16.7. The summed E-state index contributed by atoms with van der Waals surface area (Å²) in [6.07, 6.45) is 3.04. The van der Waals surface area contributed by atoms with Crippen LogP contribution in [0.3, 0.4) is 0 Å². The van der Waals surface area contributed by atoms with E-state index < -0.39 is 6.10 Å². The highest BCUT2D eigenvalue weighted by molar-refractivity contribution is 5.90. The molecule has 1 aromatic rings. The first-order valence-corrected chi connectivity index (χ1v) is 11.2. The van der Waals surface area contributed by atoms with E-state index in [0.29, 0.717) is 49.8 Å². The fraction of sp³-hybridized carbons (Fsp3) is 0.636. The molecule has 32 heavy (non-hydrogen) atoms. The number of benzene rings is 1. The molecule has 0 saturated carbocycles. The fourth-order valence-electron chi connectivity index (χ4n) is 4.28. The first-order chi connectivity index (χ1) is 15.6. The molecule has 3 amide bonds. The lowest BCUT2D eigenvalue weighted by atomic mass is 9.96. The Kier molecular flexibility index (Phi) is 7.67. The molecule has 0 radical (unpaired) electrons. The minimum atomic E-state index is -0.498. The zero-order chi connectivity index (χ0) is 22.3. The number of amides is 3. The van der Waals surface area contributed by atoms with Gasteiger partial charge in [-0.3, -0.25) is 4.79 Å². The number of hydrogen-bond donors (Lipinski definition) is 4. The van der Waals surface area contributed by atoms with E-state index in [1.807, 2.05) is 0 Å². The molecule has 4 N–H and O–H groups in total. The lowest BCUT2D eigenvalue weighted by Crippen LogP contribution is -2.52. The van der Waals surface area contributed by atoms with Crippen LogP contribution in [0.4, 0.5) is 10.5 Å². The molecule has 0 bridgehead atoms. The summed E-state index contributed by atoms with van der Waals surface area (Å²) in [5.41, 5.74) is 0.585. The van der Waals surface area contributed by atoms with Crippen LogP contribution in [0.5, 0.6) is 11.5 Å². The second-order valence-electron chi connectivity index (χ2n) is 8.30. The molecule has 10 heteroatoms. The first kappa shape index (κ1) is 22.6. The smallest absolute Gasteiger partial charge is 0.319 e. The van der Waals surface area contributed by atoms with Gasteiger partial charge in [0.25, 0.3) is 0 Å². The molecule has 3 aliphatic heterocycles. The molecule has 2 fully saturated rings. The van der Waals surface area contributed by atoms with Crippen molar-refractivity contribution in [3.63, 3.8) is 0 Å².